The van der Waals surface area contributed by atoms with Crippen molar-refractivity contribution >= 4 is 0 Å². The van der Waals surface area contributed by atoms with Gasteiger partial charge in [0.15, 0.2) is 0 Å². The molecule has 0 atom stereocenters. The molecule has 0 aliphatic carbocycles. The van der Waals surface area contributed by atoms with E-state index in [1.54, 1.807) is 19.1 Å². The third-order valence-electron chi connectivity index (χ3n) is 1.84. The van der Waals surface area contributed by atoms with Crippen LogP contribution in [0.3, 0.4) is 0 Å². The molecule has 1 rings (SSSR count). The van der Waals surface area contributed by atoms with Crippen LogP contribution in [0.25, 0.3) is 0 Å². The van der Waals surface area contributed by atoms with Gasteiger partial charge in [0, 0.05) is 19.2 Å². The Morgan fingerprint density at radius 1 is 1.31 bits per heavy atom. The quantitative estimate of drug-likeness (QED) is 0.720. The van der Waals surface area contributed by atoms with Crippen LogP contribution in [-0.2, 0) is 6.54 Å². The number of hydrogen-bond donors (Lipinski definition) is 1. The van der Waals surface area contributed by atoms with Gasteiger partial charge in [-0.15, -0.1) is 0 Å². The first-order chi connectivity index (χ1) is 6.15. The number of halogens is 2. The van der Waals surface area contributed by atoms with Gasteiger partial charge in [-0.3, -0.25) is 5.43 Å². The normalized spacial score (nSPS) is 10.8. The van der Waals surface area contributed by atoms with E-state index in [9.17, 15) is 8.78 Å². The Balaban J connectivity index is 2.87. The topological polar surface area (TPSA) is 15.3 Å². The molecule has 4 heteroatoms. The minimum absolute atomic E-state index is 0.0827. The van der Waals surface area contributed by atoms with E-state index in [0.717, 1.165) is 0 Å². The minimum atomic E-state index is -0.512. The summed E-state index contributed by atoms with van der Waals surface area (Å²) in [5, 5.41) is 1.60. The first-order valence-electron chi connectivity index (χ1n) is 3.96. The lowest BCUT2D eigenvalue weighted by Crippen LogP contribution is -2.30. The van der Waals surface area contributed by atoms with Crippen LogP contribution in [0.5, 0.6) is 0 Å². The number of benzene rings is 1. The second kappa shape index (κ2) is 4.30. The van der Waals surface area contributed by atoms with Gasteiger partial charge >= 0.3 is 0 Å². The van der Waals surface area contributed by atoms with E-state index in [2.05, 4.69) is 5.43 Å². The summed E-state index contributed by atoms with van der Waals surface area (Å²) in [6, 6.07) is 3.86. The summed E-state index contributed by atoms with van der Waals surface area (Å²) in [7, 11) is 3.41. The Kier molecular flexibility index (Phi) is 3.33. The number of hydrazine groups is 1. The van der Waals surface area contributed by atoms with Crippen molar-refractivity contribution in [2.75, 3.05) is 14.1 Å². The molecule has 0 amide bonds. The Morgan fingerprint density at radius 3 is 2.31 bits per heavy atom. The van der Waals surface area contributed by atoms with Crippen molar-refractivity contribution < 1.29 is 8.78 Å². The molecule has 2 nitrogen and oxygen atoms in total. The largest absolute Gasteiger partial charge is 0.258 e. The molecule has 0 aromatic heterocycles. The SMILES string of the molecule is CNN(C)Cc1c(F)cccc1F. The van der Waals surface area contributed by atoms with E-state index >= 15 is 0 Å². The van der Waals surface area contributed by atoms with Crippen LogP contribution >= 0.6 is 0 Å². The summed E-state index contributed by atoms with van der Waals surface area (Å²) in [6.07, 6.45) is 0. The third-order valence-corrected chi connectivity index (χ3v) is 1.84. The molecule has 1 aromatic rings. The zero-order chi connectivity index (χ0) is 9.84. The maximum atomic E-state index is 13.1. The highest BCUT2D eigenvalue weighted by molar-refractivity contribution is 5.19. The van der Waals surface area contributed by atoms with E-state index in [0.29, 0.717) is 0 Å². The Labute approximate surface area is 76.1 Å². The molecular formula is C9H12F2N2. The van der Waals surface area contributed by atoms with Gasteiger partial charge in [0.2, 0.25) is 0 Å². The van der Waals surface area contributed by atoms with Gasteiger partial charge in [0.25, 0.3) is 0 Å². The second-order valence-corrected chi connectivity index (χ2v) is 2.78. The molecule has 1 N–H and O–H groups in total. The summed E-state index contributed by atoms with van der Waals surface area (Å²) in [4.78, 5) is 0. The van der Waals surface area contributed by atoms with Crippen molar-refractivity contribution in [3.63, 3.8) is 0 Å². The molecule has 0 radical (unpaired) electrons. The van der Waals surface area contributed by atoms with Crippen molar-refractivity contribution in [3.05, 3.63) is 35.4 Å². The van der Waals surface area contributed by atoms with Crippen LogP contribution in [0.4, 0.5) is 8.78 Å². The zero-order valence-electron chi connectivity index (χ0n) is 7.64. The fourth-order valence-corrected chi connectivity index (χ4v) is 1.000. The van der Waals surface area contributed by atoms with E-state index in [-0.39, 0.29) is 12.1 Å². The molecule has 0 saturated heterocycles. The fraction of sp³-hybridized carbons (Fsp3) is 0.333. The number of nitrogens with zero attached hydrogens (tertiary/aromatic N) is 1. The summed E-state index contributed by atoms with van der Waals surface area (Å²) in [6.45, 7) is 0.203. The van der Waals surface area contributed by atoms with Gasteiger partial charge in [0.1, 0.15) is 11.6 Å². The lowest BCUT2D eigenvalue weighted by Gasteiger charge is -2.15. The van der Waals surface area contributed by atoms with Crippen molar-refractivity contribution in [3.8, 4) is 0 Å². The second-order valence-electron chi connectivity index (χ2n) is 2.78. The molecule has 0 aliphatic heterocycles. The number of rotatable bonds is 3. The number of hydrogen-bond acceptors (Lipinski definition) is 2. The summed E-state index contributed by atoms with van der Waals surface area (Å²) < 4.78 is 26.1. The molecule has 1 aromatic carbocycles. The van der Waals surface area contributed by atoms with Crippen LogP contribution in [0, 0.1) is 11.6 Å². The van der Waals surface area contributed by atoms with Gasteiger partial charge in [-0.05, 0) is 19.2 Å². The summed E-state index contributed by atoms with van der Waals surface area (Å²) >= 11 is 0. The van der Waals surface area contributed by atoms with Gasteiger partial charge in [-0.25, -0.2) is 13.8 Å². The van der Waals surface area contributed by atoms with Crippen LogP contribution < -0.4 is 5.43 Å². The van der Waals surface area contributed by atoms with Crippen LogP contribution in [0.2, 0.25) is 0 Å². The van der Waals surface area contributed by atoms with Gasteiger partial charge < -0.3 is 0 Å². The molecule has 0 bridgehead atoms. The minimum Gasteiger partial charge on any atom is -0.258 e. The maximum absolute atomic E-state index is 13.1. The van der Waals surface area contributed by atoms with Crippen LogP contribution in [0.15, 0.2) is 18.2 Å². The molecule has 72 valence electrons. The molecule has 13 heavy (non-hydrogen) atoms. The Bertz CT molecular complexity index is 269. The molecule has 0 aliphatic rings. The standard InChI is InChI=1S/C9H12F2N2/c1-12-13(2)6-7-8(10)4-3-5-9(7)11/h3-5,12H,6H2,1-2H3. The Hall–Kier alpha value is -1.00. The smallest absolute Gasteiger partial charge is 0.130 e. The monoisotopic (exact) mass is 186 g/mol. The van der Waals surface area contributed by atoms with Crippen LogP contribution in [-0.4, -0.2) is 19.1 Å². The van der Waals surface area contributed by atoms with Gasteiger partial charge in [-0.2, -0.15) is 0 Å². The lowest BCUT2D eigenvalue weighted by molar-refractivity contribution is 0.244. The van der Waals surface area contributed by atoms with Crippen LogP contribution in [0.1, 0.15) is 5.56 Å². The first-order valence-corrected chi connectivity index (χ1v) is 3.96. The molecule has 0 fully saturated rings. The predicted molar refractivity (Wildman–Crippen MR) is 46.9 cm³/mol. The Morgan fingerprint density at radius 2 is 1.85 bits per heavy atom. The van der Waals surface area contributed by atoms with Crippen molar-refractivity contribution in [2.24, 2.45) is 0 Å². The highest BCUT2D eigenvalue weighted by Crippen LogP contribution is 2.12. The van der Waals surface area contributed by atoms with Crippen molar-refractivity contribution in [2.45, 2.75) is 6.54 Å². The number of nitrogens with one attached hydrogen (secondary N) is 1. The highest BCUT2D eigenvalue weighted by Gasteiger charge is 2.09. The lowest BCUT2D eigenvalue weighted by atomic mass is 10.2. The highest BCUT2D eigenvalue weighted by atomic mass is 19.1. The maximum Gasteiger partial charge on any atom is 0.130 e. The summed E-state index contributed by atoms with van der Waals surface area (Å²) in [5.74, 6) is -1.02. The first kappa shape index (κ1) is 10.1. The molecule has 0 saturated carbocycles. The van der Waals surface area contributed by atoms with Crippen molar-refractivity contribution in [1.29, 1.82) is 0 Å². The predicted octanol–water partition coefficient (Wildman–Crippen LogP) is 1.53. The fourth-order valence-electron chi connectivity index (χ4n) is 1.000. The molecular weight excluding hydrogens is 174 g/mol. The average Bonchev–Trinajstić information content (AvgIpc) is 2.11. The molecule has 0 unspecified atom stereocenters. The van der Waals surface area contributed by atoms with Gasteiger partial charge in [-0.1, -0.05) is 6.07 Å². The van der Waals surface area contributed by atoms with Crippen molar-refractivity contribution in [1.82, 2.24) is 10.4 Å². The van der Waals surface area contributed by atoms with Gasteiger partial charge in [0.05, 0.1) is 0 Å². The molecule has 0 spiro atoms. The van der Waals surface area contributed by atoms with E-state index in [1.165, 1.54) is 18.2 Å². The molecule has 0 heterocycles. The third kappa shape index (κ3) is 2.47. The summed E-state index contributed by atoms with van der Waals surface area (Å²) in [5.41, 5.74) is 2.85. The average molecular weight is 186 g/mol. The van der Waals surface area contributed by atoms with E-state index in [4.69, 9.17) is 0 Å². The van der Waals surface area contributed by atoms with E-state index < -0.39 is 11.6 Å². The van der Waals surface area contributed by atoms with E-state index in [1.807, 2.05) is 0 Å². The zero-order valence-corrected chi connectivity index (χ0v) is 7.64.